The molecule has 6 nitrogen and oxygen atoms in total. The molecule has 0 bridgehead atoms. The van der Waals surface area contributed by atoms with Crippen LogP contribution in [-0.4, -0.2) is 32.8 Å². The van der Waals surface area contributed by atoms with Crippen molar-refractivity contribution in [1.82, 2.24) is 15.1 Å². The number of carbonyl (C=O) groups is 2. The topological polar surface area (TPSA) is 84.2 Å². The average Bonchev–Trinajstić information content (AvgIpc) is 2.77. The van der Waals surface area contributed by atoms with Crippen LogP contribution >= 0.6 is 0 Å². The second-order valence-electron chi connectivity index (χ2n) is 5.01. The lowest BCUT2D eigenvalue weighted by molar-refractivity contribution is -0.143. The van der Waals surface area contributed by atoms with Gasteiger partial charge >= 0.3 is 5.97 Å². The Morgan fingerprint density at radius 1 is 1.35 bits per heavy atom. The minimum atomic E-state index is -1.03. The van der Waals surface area contributed by atoms with E-state index in [0.29, 0.717) is 0 Å². The van der Waals surface area contributed by atoms with Gasteiger partial charge in [-0.1, -0.05) is 32.0 Å². The number of amides is 1. The van der Waals surface area contributed by atoms with Gasteiger partial charge in [-0.05, 0) is 12.0 Å². The molecule has 1 heterocycles. The summed E-state index contributed by atoms with van der Waals surface area (Å²) >= 11 is 0. The van der Waals surface area contributed by atoms with E-state index in [1.807, 2.05) is 24.3 Å². The second kappa shape index (κ2) is 5.73. The zero-order valence-electron chi connectivity index (χ0n) is 11.4. The number of carbonyl (C=O) groups excluding carboxylic acids is 1. The third-order valence-corrected chi connectivity index (χ3v) is 3.02. The van der Waals surface area contributed by atoms with Crippen LogP contribution < -0.4 is 5.32 Å². The summed E-state index contributed by atoms with van der Waals surface area (Å²) in [5, 5.41) is 16.7. The van der Waals surface area contributed by atoms with Gasteiger partial charge in [0.2, 0.25) is 5.91 Å². The van der Waals surface area contributed by atoms with Crippen molar-refractivity contribution in [2.45, 2.75) is 26.4 Å². The van der Waals surface area contributed by atoms with Crippen molar-refractivity contribution in [3.8, 4) is 0 Å². The van der Waals surface area contributed by atoms with Crippen LogP contribution in [-0.2, 0) is 16.1 Å². The number of aromatic nitrogens is 2. The Hall–Kier alpha value is -2.37. The molecule has 1 aromatic heterocycles. The number of fused-ring (bicyclic) bond motifs is 1. The minimum Gasteiger partial charge on any atom is -0.480 e. The third kappa shape index (κ3) is 3.14. The van der Waals surface area contributed by atoms with Gasteiger partial charge < -0.3 is 10.4 Å². The van der Waals surface area contributed by atoms with Crippen molar-refractivity contribution >= 4 is 22.8 Å². The fourth-order valence-corrected chi connectivity index (χ4v) is 1.98. The van der Waals surface area contributed by atoms with Gasteiger partial charge in [-0.3, -0.25) is 9.48 Å². The van der Waals surface area contributed by atoms with Crippen molar-refractivity contribution < 1.29 is 14.7 Å². The molecular weight excluding hydrogens is 258 g/mol. The first-order valence-corrected chi connectivity index (χ1v) is 6.41. The van der Waals surface area contributed by atoms with Crippen LogP contribution in [0, 0.1) is 5.92 Å². The summed E-state index contributed by atoms with van der Waals surface area (Å²) in [5.41, 5.74) is 0.805. The Kier molecular flexibility index (Phi) is 4.02. The molecule has 0 unspecified atom stereocenters. The minimum absolute atomic E-state index is 0.00514. The molecule has 2 aromatic rings. The zero-order valence-corrected chi connectivity index (χ0v) is 11.4. The highest BCUT2D eigenvalue weighted by Gasteiger charge is 2.23. The van der Waals surface area contributed by atoms with Crippen LogP contribution in [0.2, 0.25) is 0 Å². The Morgan fingerprint density at radius 2 is 2.05 bits per heavy atom. The molecule has 6 heteroatoms. The van der Waals surface area contributed by atoms with Gasteiger partial charge in [0.05, 0.1) is 5.52 Å². The number of nitrogens with zero attached hydrogens (tertiary/aromatic N) is 2. The maximum Gasteiger partial charge on any atom is 0.326 e. The maximum absolute atomic E-state index is 11.9. The second-order valence-corrected chi connectivity index (χ2v) is 5.01. The predicted molar refractivity (Wildman–Crippen MR) is 74.1 cm³/mol. The van der Waals surface area contributed by atoms with E-state index in [4.69, 9.17) is 5.11 Å². The van der Waals surface area contributed by atoms with E-state index < -0.39 is 12.0 Å². The Morgan fingerprint density at radius 3 is 2.65 bits per heavy atom. The Bertz CT molecular complexity index is 600. The van der Waals surface area contributed by atoms with Gasteiger partial charge in [0, 0.05) is 11.6 Å². The largest absolute Gasteiger partial charge is 0.480 e. The number of hydrogen-bond acceptors (Lipinski definition) is 3. The van der Waals surface area contributed by atoms with E-state index in [2.05, 4.69) is 10.4 Å². The summed E-state index contributed by atoms with van der Waals surface area (Å²) < 4.78 is 1.51. The molecule has 2 N–H and O–H groups in total. The number of carboxylic acid groups (broad SMARTS) is 1. The van der Waals surface area contributed by atoms with Gasteiger partial charge in [0.1, 0.15) is 12.6 Å². The highest BCUT2D eigenvalue weighted by Crippen LogP contribution is 2.10. The lowest BCUT2D eigenvalue weighted by Gasteiger charge is -2.17. The molecule has 1 aromatic carbocycles. The molecule has 0 saturated heterocycles. The van der Waals surface area contributed by atoms with E-state index >= 15 is 0 Å². The smallest absolute Gasteiger partial charge is 0.326 e. The van der Waals surface area contributed by atoms with Crippen molar-refractivity contribution in [3.63, 3.8) is 0 Å². The number of carboxylic acids is 1. The number of benzene rings is 1. The van der Waals surface area contributed by atoms with E-state index in [0.717, 1.165) is 10.9 Å². The summed E-state index contributed by atoms with van der Waals surface area (Å²) in [6, 6.07) is 6.66. The molecule has 0 radical (unpaired) electrons. The molecule has 2 rings (SSSR count). The molecule has 0 spiro atoms. The number of nitrogens with one attached hydrogen (secondary N) is 1. The standard InChI is InChI=1S/C14H17N3O3/c1-9(2)13(14(19)20)15-12(18)8-17-7-10-5-3-4-6-11(10)16-17/h3-7,9,13H,8H2,1-2H3,(H,15,18)(H,19,20)/t13-/m1/s1. The van der Waals surface area contributed by atoms with Crippen LogP contribution in [0.15, 0.2) is 30.5 Å². The van der Waals surface area contributed by atoms with Crippen LogP contribution in [0.1, 0.15) is 13.8 Å². The molecule has 106 valence electrons. The fourth-order valence-electron chi connectivity index (χ4n) is 1.98. The number of rotatable bonds is 5. The van der Waals surface area contributed by atoms with Crippen LogP contribution in [0.25, 0.3) is 10.9 Å². The predicted octanol–water partition coefficient (Wildman–Crippen LogP) is 1.26. The van der Waals surface area contributed by atoms with Crippen molar-refractivity contribution in [1.29, 1.82) is 0 Å². The highest BCUT2D eigenvalue weighted by molar-refractivity contribution is 5.84. The first kappa shape index (κ1) is 14.0. The van der Waals surface area contributed by atoms with Gasteiger partial charge in [-0.25, -0.2) is 4.79 Å². The molecule has 0 aliphatic rings. The number of aliphatic carboxylic acids is 1. The Labute approximate surface area is 116 Å². The molecule has 0 aliphatic heterocycles. The molecule has 0 aliphatic carbocycles. The quantitative estimate of drug-likeness (QED) is 0.860. The molecule has 1 atom stereocenters. The van der Waals surface area contributed by atoms with E-state index in [-0.39, 0.29) is 18.4 Å². The number of hydrogen-bond donors (Lipinski definition) is 2. The van der Waals surface area contributed by atoms with Gasteiger partial charge in [0.25, 0.3) is 0 Å². The zero-order chi connectivity index (χ0) is 14.7. The third-order valence-electron chi connectivity index (χ3n) is 3.02. The SMILES string of the molecule is CC(C)[C@@H](NC(=O)Cn1cc2ccccc2n1)C(=O)O. The summed E-state index contributed by atoms with van der Waals surface area (Å²) in [7, 11) is 0. The van der Waals surface area contributed by atoms with Crippen molar-refractivity contribution in [2.75, 3.05) is 0 Å². The van der Waals surface area contributed by atoms with Gasteiger partial charge in [-0.15, -0.1) is 0 Å². The van der Waals surface area contributed by atoms with E-state index in [1.165, 1.54) is 4.68 Å². The lowest BCUT2D eigenvalue weighted by Crippen LogP contribution is -2.45. The van der Waals surface area contributed by atoms with Crippen LogP contribution in [0.5, 0.6) is 0 Å². The fraction of sp³-hybridized carbons (Fsp3) is 0.357. The molecule has 0 fully saturated rings. The monoisotopic (exact) mass is 275 g/mol. The molecule has 0 saturated carbocycles. The van der Waals surface area contributed by atoms with E-state index in [1.54, 1.807) is 20.0 Å². The first-order chi connectivity index (χ1) is 9.47. The molecular formula is C14H17N3O3. The first-order valence-electron chi connectivity index (χ1n) is 6.41. The van der Waals surface area contributed by atoms with Crippen LogP contribution in [0.3, 0.4) is 0 Å². The Balaban J connectivity index is 2.05. The van der Waals surface area contributed by atoms with Crippen molar-refractivity contribution in [2.24, 2.45) is 5.92 Å². The lowest BCUT2D eigenvalue weighted by atomic mass is 10.1. The van der Waals surface area contributed by atoms with Crippen molar-refractivity contribution in [3.05, 3.63) is 30.5 Å². The normalized spacial score (nSPS) is 12.6. The molecule has 20 heavy (non-hydrogen) atoms. The summed E-state index contributed by atoms with van der Waals surface area (Å²) in [4.78, 5) is 22.9. The van der Waals surface area contributed by atoms with E-state index in [9.17, 15) is 9.59 Å². The summed E-state index contributed by atoms with van der Waals surface area (Å²) in [5.74, 6) is -1.56. The summed E-state index contributed by atoms with van der Waals surface area (Å²) in [6.45, 7) is 3.51. The average molecular weight is 275 g/mol. The van der Waals surface area contributed by atoms with Crippen LogP contribution in [0.4, 0.5) is 0 Å². The highest BCUT2D eigenvalue weighted by atomic mass is 16.4. The van der Waals surface area contributed by atoms with Gasteiger partial charge in [-0.2, -0.15) is 5.10 Å². The summed E-state index contributed by atoms with van der Waals surface area (Å²) in [6.07, 6.45) is 1.76. The van der Waals surface area contributed by atoms with Gasteiger partial charge in [0.15, 0.2) is 0 Å². The molecule has 1 amide bonds. The maximum atomic E-state index is 11.9.